The highest BCUT2D eigenvalue weighted by molar-refractivity contribution is 5.90. The number of hydrogen-bond acceptors (Lipinski definition) is 4. The van der Waals surface area contributed by atoms with Gasteiger partial charge in [-0.2, -0.15) is 0 Å². The fraction of sp³-hybridized carbons (Fsp3) is 0.778. The molecule has 1 aromatic carbocycles. The van der Waals surface area contributed by atoms with Crippen LogP contribution in [0.5, 0.6) is 0 Å². The summed E-state index contributed by atoms with van der Waals surface area (Å²) in [6.45, 7) is 14.0. The normalized spacial score (nSPS) is 41.4. The standard InChI is InChI=1S/C36H54O4/c1-23(2)12-10-11-15-27-16-17-29-31(24(3)18-20-36(27,29)6)33-32(37)30-22-28(19-21-35(30,5)25(4)39-33)40-34(38)26-13-8-7-9-14-26/h7-9,13-14,23-25,27-31,33H,10-12,15-22H2,1-6H3/t24?,25-,27+,28?,29?,30?,31?,33?,35?,36?/m1/s1. The molecule has 4 nitrogen and oxygen atoms in total. The molecule has 5 rings (SSSR count). The quantitative estimate of drug-likeness (QED) is 0.240. The van der Waals surface area contributed by atoms with Crippen molar-refractivity contribution in [2.24, 2.45) is 46.3 Å². The Morgan fingerprint density at radius 1 is 1.00 bits per heavy atom. The molecule has 10 atom stereocenters. The molecule has 4 heteroatoms. The van der Waals surface area contributed by atoms with Gasteiger partial charge in [0, 0.05) is 11.3 Å². The number of benzene rings is 1. The van der Waals surface area contributed by atoms with Crippen molar-refractivity contribution in [3.63, 3.8) is 0 Å². The number of rotatable bonds is 8. The summed E-state index contributed by atoms with van der Waals surface area (Å²) in [5.74, 6) is 2.82. The van der Waals surface area contributed by atoms with Gasteiger partial charge in [-0.1, -0.05) is 72.1 Å². The first-order valence-electron chi connectivity index (χ1n) is 16.5. The predicted octanol–water partition coefficient (Wildman–Crippen LogP) is 8.67. The predicted molar refractivity (Wildman–Crippen MR) is 160 cm³/mol. The summed E-state index contributed by atoms with van der Waals surface area (Å²) in [4.78, 5) is 27.3. The van der Waals surface area contributed by atoms with Crippen molar-refractivity contribution in [1.29, 1.82) is 0 Å². The number of esters is 1. The minimum atomic E-state index is -0.323. The zero-order valence-corrected chi connectivity index (χ0v) is 26.0. The SMILES string of the molecule is CC(C)CCCC[C@H]1CCC2C(C3O[C@H](C)C4(C)CCC(OC(=O)c5ccccc5)CC4C3=O)C(C)CCC21C. The van der Waals surface area contributed by atoms with Gasteiger partial charge in [-0.15, -0.1) is 0 Å². The Kier molecular flexibility index (Phi) is 8.87. The lowest BCUT2D eigenvalue weighted by molar-refractivity contribution is -0.203. The molecule has 3 aliphatic carbocycles. The molecule has 0 spiro atoms. The van der Waals surface area contributed by atoms with Crippen LogP contribution in [-0.2, 0) is 14.3 Å². The molecule has 4 aliphatic rings. The van der Waals surface area contributed by atoms with E-state index in [-0.39, 0.29) is 35.6 Å². The van der Waals surface area contributed by atoms with Crippen molar-refractivity contribution in [2.75, 3.05) is 0 Å². The van der Waals surface area contributed by atoms with Crippen LogP contribution < -0.4 is 0 Å². The summed E-state index contributed by atoms with van der Waals surface area (Å²) in [7, 11) is 0. The van der Waals surface area contributed by atoms with E-state index in [0.29, 0.717) is 40.9 Å². The summed E-state index contributed by atoms with van der Waals surface area (Å²) in [6, 6.07) is 9.23. The van der Waals surface area contributed by atoms with Gasteiger partial charge in [-0.3, -0.25) is 4.79 Å². The van der Waals surface area contributed by atoms with Gasteiger partial charge in [0.1, 0.15) is 12.2 Å². The highest BCUT2D eigenvalue weighted by Crippen LogP contribution is 2.62. The van der Waals surface area contributed by atoms with Crippen molar-refractivity contribution >= 4 is 11.8 Å². The Balaban J connectivity index is 1.30. The van der Waals surface area contributed by atoms with Gasteiger partial charge in [0.2, 0.25) is 0 Å². The molecule has 1 heterocycles. The molecule has 1 aromatic rings. The maximum atomic E-state index is 14.4. The van der Waals surface area contributed by atoms with E-state index in [2.05, 4.69) is 41.5 Å². The van der Waals surface area contributed by atoms with E-state index in [0.717, 1.165) is 24.7 Å². The minimum absolute atomic E-state index is 0.0274. The molecule has 8 unspecified atom stereocenters. The Bertz CT molecular complexity index is 1030. The van der Waals surface area contributed by atoms with E-state index in [1.165, 1.54) is 51.4 Å². The minimum Gasteiger partial charge on any atom is -0.459 e. The Morgan fingerprint density at radius 2 is 1.73 bits per heavy atom. The van der Waals surface area contributed by atoms with Gasteiger partial charge in [-0.05, 0) is 105 Å². The largest absolute Gasteiger partial charge is 0.459 e. The van der Waals surface area contributed by atoms with Gasteiger partial charge < -0.3 is 9.47 Å². The third kappa shape index (κ3) is 5.55. The molecule has 0 N–H and O–H groups in total. The second-order valence-corrected chi connectivity index (χ2v) is 15.0. The molecule has 1 saturated heterocycles. The van der Waals surface area contributed by atoms with Crippen molar-refractivity contribution < 1.29 is 19.1 Å². The van der Waals surface area contributed by atoms with Gasteiger partial charge in [-0.25, -0.2) is 4.79 Å². The van der Waals surface area contributed by atoms with E-state index in [4.69, 9.17) is 9.47 Å². The molecule has 0 bridgehead atoms. The van der Waals surface area contributed by atoms with Gasteiger partial charge in [0.25, 0.3) is 0 Å². The average Bonchev–Trinajstić information content (AvgIpc) is 3.26. The third-order valence-electron chi connectivity index (χ3n) is 12.3. The molecule has 40 heavy (non-hydrogen) atoms. The number of unbranched alkanes of at least 4 members (excludes halogenated alkanes) is 1. The van der Waals surface area contributed by atoms with Crippen molar-refractivity contribution in [1.82, 2.24) is 0 Å². The van der Waals surface area contributed by atoms with E-state index in [1.807, 2.05) is 18.2 Å². The number of Topliss-reactive ketones (excluding diaryl/α,β-unsaturated/α-hetero) is 1. The summed E-state index contributed by atoms with van der Waals surface area (Å²) in [5, 5.41) is 0. The topological polar surface area (TPSA) is 52.6 Å². The van der Waals surface area contributed by atoms with Crippen LogP contribution in [0.15, 0.2) is 30.3 Å². The first-order valence-corrected chi connectivity index (χ1v) is 16.5. The summed E-state index contributed by atoms with van der Waals surface area (Å²) in [6.07, 6.45) is 12.1. The van der Waals surface area contributed by atoms with E-state index in [9.17, 15) is 9.59 Å². The van der Waals surface area contributed by atoms with Crippen LogP contribution >= 0.6 is 0 Å². The van der Waals surface area contributed by atoms with Crippen LogP contribution in [0.3, 0.4) is 0 Å². The lowest BCUT2D eigenvalue weighted by atomic mass is 9.53. The number of carbonyl (C=O) groups is 2. The highest BCUT2D eigenvalue weighted by Gasteiger charge is 2.60. The molecule has 0 radical (unpaired) electrons. The molecular formula is C36H54O4. The number of ketones is 1. The summed E-state index contributed by atoms with van der Waals surface area (Å²) >= 11 is 0. The number of fused-ring (bicyclic) bond motifs is 2. The molecule has 222 valence electrons. The number of hydrogen-bond donors (Lipinski definition) is 0. The first-order chi connectivity index (χ1) is 19.0. The first kappa shape index (κ1) is 29.8. The molecule has 0 amide bonds. The number of carbonyl (C=O) groups excluding carboxylic acids is 2. The lowest BCUT2D eigenvalue weighted by Crippen LogP contribution is -2.61. The van der Waals surface area contributed by atoms with E-state index in [1.54, 1.807) is 12.1 Å². The maximum Gasteiger partial charge on any atom is 0.338 e. The fourth-order valence-electron chi connectivity index (χ4n) is 9.46. The Labute approximate surface area is 243 Å². The third-order valence-corrected chi connectivity index (χ3v) is 12.3. The number of ether oxygens (including phenoxy) is 2. The van der Waals surface area contributed by atoms with Crippen molar-refractivity contribution in [3.8, 4) is 0 Å². The molecule has 1 aliphatic heterocycles. The van der Waals surface area contributed by atoms with E-state index >= 15 is 0 Å². The maximum absolute atomic E-state index is 14.4. The smallest absolute Gasteiger partial charge is 0.338 e. The van der Waals surface area contributed by atoms with Crippen molar-refractivity contribution in [2.45, 2.75) is 130 Å². The molecular weight excluding hydrogens is 496 g/mol. The second kappa shape index (κ2) is 11.9. The van der Waals surface area contributed by atoms with Gasteiger partial charge in [0.05, 0.1) is 11.7 Å². The molecule has 4 fully saturated rings. The average molecular weight is 551 g/mol. The fourth-order valence-corrected chi connectivity index (χ4v) is 9.46. The zero-order chi connectivity index (χ0) is 28.7. The Hall–Kier alpha value is -1.68. The van der Waals surface area contributed by atoms with Crippen LogP contribution in [-0.4, -0.2) is 30.1 Å². The van der Waals surface area contributed by atoms with Crippen LogP contribution in [0, 0.1) is 46.3 Å². The van der Waals surface area contributed by atoms with Crippen LogP contribution in [0.2, 0.25) is 0 Å². The Morgan fingerprint density at radius 3 is 2.45 bits per heavy atom. The lowest BCUT2D eigenvalue weighted by Gasteiger charge is -2.56. The summed E-state index contributed by atoms with van der Waals surface area (Å²) < 4.78 is 12.8. The monoisotopic (exact) mass is 550 g/mol. The highest BCUT2D eigenvalue weighted by atomic mass is 16.5. The van der Waals surface area contributed by atoms with Crippen LogP contribution in [0.25, 0.3) is 0 Å². The van der Waals surface area contributed by atoms with Crippen LogP contribution in [0.4, 0.5) is 0 Å². The molecule has 0 aromatic heterocycles. The van der Waals surface area contributed by atoms with Gasteiger partial charge in [0.15, 0.2) is 5.78 Å². The van der Waals surface area contributed by atoms with Crippen LogP contribution in [0.1, 0.15) is 123 Å². The van der Waals surface area contributed by atoms with Crippen molar-refractivity contribution in [3.05, 3.63) is 35.9 Å². The zero-order valence-electron chi connectivity index (χ0n) is 26.0. The molecule has 3 saturated carbocycles. The second-order valence-electron chi connectivity index (χ2n) is 15.0. The van der Waals surface area contributed by atoms with Gasteiger partial charge >= 0.3 is 5.97 Å². The summed E-state index contributed by atoms with van der Waals surface area (Å²) in [5.41, 5.74) is 0.706. The van der Waals surface area contributed by atoms with E-state index < -0.39 is 0 Å².